The molecule has 1 saturated heterocycles. The molecule has 3 aliphatic rings. The SMILES string of the molecule is O=C(Nc1c2c(cc3c1CCC3)CCC2)NS(=O)(=O)c1ccc(N2CCN(CCO)CC2)c2nonc12. The first-order valence-corrected chi connectivity index (χ1v) is 14.3. The Morgan fingerprint density at radius 3 is 2.32 bits per heavy atom. The predicted molar refractivity (Wildman–Crippen MR) is 137 cm³/mol. The summed E-state index contributed by atoms with van der Waals surface area (Å²) in [6, 6.07) is 4.59. The minimum Gasteiger partial charge on any atom is -0.395 e. The number of fused-ring (bicyclic) bond motifs is 3. The maximum Gasteiger partial charge on any atom is 0.333 e. The molecule has 196 valence electrons. The van der Waals surface area contributed by atoms with Gasteiger partial charge in [-0.3, -0.25) is 4.90 Å². The number of anilines is 2. The maximum absolute atomic E-state index is 13.3. The third-order valence-corrected chi connectivity index (χ3v) is 9.08. The summed E-state index contributed by atoms with van der Waals surface area (Å²) in [7, 11) is -4.25. The Morgan fingerprint density at radius 1 is 0.973 bits per heavy atom. The zero-order valence-corrected chi connectivity index (χ0v) is 21.3. The molecule has 0 atom stereocenters. The molecule has 12 heteroatoms. The van der Waals surface area contributed by atoms with Crippen LogP contribution in [0.4, 0.5) is 16.2 Å². The van der Waals surface area contributed by atoms with E-state index >= 15 is 0 Å². The third-order valence-electron chi connectivity index (χ3n) is 7.71. The van der Waals surface area contributed by atoms with Gasteiger partial charge in [0.15, 0.2) is 11.0 Å². The molecule has 0 unspecified atom stereocenters. The number of aromatic nitrogens is 2. The van der Waals surface area contributed by atoms with E-state index in [1.54, 1.807) is 6.07 Å². The number of urea groups is 1. The average Bonchev–Trinajstić information content (AvgIpc) is 3.64. The number of aryl methyl sites for hydroxylation is 2. The van der Waals surface area contributed by atoms with Gasteiger partial charge in [-0.15, -0.1) is 0 Å². The Labute approximate surface area is 214 Å². The Hall–Kier alpha value is -3.22. The lowest BCUT2D eigenvalue weighted by atomic mass is 9.99. The van der Waals surface area contributed by atoms with Crippen LogP contribution in [0.1, 0.15) is 35.1 Å². The number of hydrogen-bond donors (Lipinski definition) is 3. The van der Waals surface area contributed by atoms with Gasteiger partial charge in [-0.05, 0) is 83.2 Å². The van der Waals surface area contributed by atoms with Crippen LogP contribution >= 0.6 is 0 Å². The Kier molecular flexibility index (Phi) is 6.25. The van der Waals surface area contributed by atoms with Crippen LogP contribution in [-0.4, -0.2) is 74.1 Å². The number of amides is 2. The van der Waals surface area contributed by atoms with Crippen molar-refractivity contribution in [1.82, 2.24) is 19.9 Å². The van der Waals surface area contributed by atoms with Crippen molar-refractivity contribution in [1.29, 1.82) is 0 Å². The lowest BCUT2D eigenvalue weighted by molar-refractivity contribution is 0.189. The van der Waals surface area contributed by atoms with Gasteiger partial charge < -0.3 is 15.3 Å². The number of aliphatic hydroxyl groups excluding tert-OH is 1. The van der Waals surface area contributed by atoms with Crippen LogP contribution in [0.3, 0.4) is 0 Å². The van der Waals surface area contributed by atoms with E-state index in [-0.39, 0.29) is 17.0 Å². The zero-order valence-electron chi connectivity index (χ0n) is 20.5. The van der Waals surface area contributed by atoms with E-state index in [4.69, 9.17) is 4.63 Å². The van der Waals surface area contributed by atoms with Crippen LogP contribution in [0.15, 0.2) is 27.7 Å². The van der Waals surface area contributed by atoms with Crippen molar-refractivity contribution in [3.63, 3.8) is 0 Å². The number of hydrogen-bond acceptors (Lipinski definition) is 9. The lowest BCUT2D eigenvalue weighted by Gasteiger charge is -2.35. The summed E-state index contributed by atoms with van der Waals surface area (Å²) in [5, 5.41) is 19.9. The normalized spacial score (nSPS) is 17.7. The van der Waals surface area contributed by atoms with Crippen molar-refractivity contribution in [2.75, 3.05) is 49.5 Å². The smallest absolute Gasteiger partial charge is 0.333 e. The second-order valence-corrected chi connectivity index (χ2v) is 11.5. The third kappa shape index (κ3) is 4.42. The fourth-order valence-electron chi connectivity index (χ4n) is 5.94. The van der Waals surface area contributed by atoms with Crippen LogP contribution in [0, 0.1) is 0 Å². The molecule has 1 aliphatic heterocycles. The Morgan fingerprint density at radius 2 is 1.65 bits per heavy atom. The molecule has 2 amide bonds. The van der Waals surface area contributed by atoms with Gasteiger partial charge in [-0.2, -0.15) is 0 Å². The van der Waals surface area contributed by atoms with E-state index in [0.717, 1.165) is 74.1 Å². The average molecular weight is 527 g/mol. The number of aliphatic hydroxyl groups is 1. The second kappa shape index (κ2) is 9.58. The monoisotopic (exact) mass is 526 g/mol. The van der Waals surface area contributed by atoms with Crippen molar-refractivity contribution < 1.29 is 22.9 Å². The highest BCUT2D eigenvalue weighted by Crippen LogP contribution is 2.38. The van der Waals surface area contributed by atoms with Crippen molar-refractivity contribution in [2.24, 2.45) is 0 Å². The number of rotatable bonds is 6. The van der Waals surface area contributed by atoms with Gasteiger partial charge in [0.05, 0.1) is 12.3 Å². The first kappa shape index (κ1) is 24.1. The molecule has 0 radical (unpaired) electrons. The predicted octanol–water partition coefficient (Wildman–Crippen LogP) is 1.82. The maximum atomic E-state index is 13.3. The molecule has 0 saturated carbocycles. The van der Waals surface area contributed by atoms with Crippen molar-refractivity contribution in [3.05, 3.63) is 40.5 Å². The molecule has 2 heterocycles. The van der Waals surface area contributed by atoms with Gasteiger partial charge in [0.1, 0.15) is 4.90 Å². The topological polar surface area (TPSA) is 141 Å². The first-order chi connectivity index (χ1) is 17.9. The highest BCUT2D eigenvalue weighted by molar-refractivity contribution is 7.90. The number of β-amino-alcohol motifs (C(OH)–C–C–N with tert-alkyl or cyclic N) is 1. The quantitative estimate of drug-likeness (QED) is 0.439. The highest BCUT2D eigenvalue weighted by Gasteiger charge is 2.29. The first-order valence-electron chi connectivity index (χ1n) is 12.8. The molecule has 0 spiro atoms. The van der Waals surface area contributed by atoms with Crippen LogP contribution in [0.25, 0.3) is 11.0 Å². The minimum absolute atomic E-state index is 0.0806. The van der Waals surface area contributed by atoms with Gasteiger partial charge in [0.2, 0.25) is 0 Å². The summed E-state index contributed by atoms with van der Waals surface area (Å²) < 4.78 is 33.7. The zero-order chi connectivity index (χ0) is 25.6. The number of benzene rings is 2. The lowest BCUT2D eigenvalue weighted by Crippen LogP contribution is -2.47. The molecule has 6 rings (SSSR count). The standard InChI is InChI=1S/C25H30N6O5S/c32-14-13-30-9-11-31(12-10-30)20-7-8-21(24-23(20)27-36-28-24)37(34,35)29-25(33)26-22-18-5-1-3-16(18)15-17-4-2-6-19(17)22/h7-8,15,32H,1-6,9-14H2,(H2,26,29,33). The molecule has 0 bridgehead atoms. The summed E-state index contributed by atoms with van der Waals surface area (Å²) in [6.07, 6.45) is 5.80. The van der Waals surface area contributed by atoms with Gasteiger partial charge >= 0.3 is 6.03 Å². The summed E-state index contributed by atoms with van der Waals surface area (Å²) in [5.74, 6) is 0. The molecular formula is C25H30N6O5S. The van der Waals surface area contributed by atoms with Crippen molar-refractivity contribution >= 4 is 38.5 Å². The van der Waals surface area contributed by atoms with Gasteiger partial charge in [-0.1, -0.05) is 6.07 Å². The Balaban J connectivity index is 1.23. The number of piperazine rings is 1. The largest absolute Gasteiger partial charge is 0.395 e. The number of carbonyl (C=O) groups is 1. The molecule has 3 aromatic rings. The molecule has 2 aliphatic carbocycles. The van der Waals surface area contributed by atoms with Crippen molar-refractivity contribution in [2.45, 2.75) is 43.4 Å². The molecular weight excluding hydrogens is 496 g/mol. The van der Waals surface area contributed by atoms with Gasteiger partial charge in [0, 0.05) is 38.4 Å². The fraction of sp³-hybridized carbons (Fsp3) is 0.480. The summed E-state index contributed by atoms with van der Waals surface area (Å²) in [5.41, 5.74) is 6.66. The summed E-state index contributed by atoms with van der Waals surface area (Å²) in [4.78, 5) is 17.1. The summed E-state index contributed by atoms with van der Waals surface area (Å²) >= 11 is 0. The highest BCUT2D eigenvalue weighted by atomic mass is 32.2. The summed E-state index contributed by atoms with van der Waals surface area (Å²) in [6.45, 7) is 3.65. The molecule has 1 fully saturated rings. The van der Waals surface area contributed by atoms with E-state index in [0.29, 0.717) is 25.2 Å². The van der Waals surface area contributed by atoms with Crippen LogP contribution in [0.2, 0.25) is 0 Å². The molecule has 11 nitrogen and oxygen atoms in total. The Bertz CT molecular complexity index is 1430. The van der Waals surface area contributed by atoms with E-state index in [1.807, 2.05) is 0 Å². The molecule has 37 heavy (non-hydrogen) atoms. The van der Waals surface area contributed by atoms with E-state index in [1.165, 1.54) is 17.2 Å². The molecule has 1 aromatic heterocycles. The molecule has 2 aromatic carbocycles. The van der Waals surface area contributed by atoms with E-state index < -0.39 is 16.1 Å². The van der Waals surface area contributed by atoms with Gasteiger partial charge in [-0.25, -0.2) is 22.6 Å². The van der Waals surface area contributed by atoms with E-state index in [9.17, 15) is 18.3 Å². The van der Waals surface area contributed by atoms with Crippen LogP contribution < -0.4 is 14.9 Å². The number of nitrogens with one attached hydrogen (secondary N) is 2. The number of nitrogens with zero attached hydrogens (tertiary/aromatic N) is 4. The van der Waals surface area contributed by atoms with Crippen LogP contribution in [0.5, 0.6) is 0 Å². The van der Waals surface area contributed by atoms with E-state index in [2.05, 4.69) is 36.2 Å². The van der Waals surface area contributed by atoms with Crippen molar-refractivity contribution in [3.8, 4) is 0 Å². The van der Waals surface area contributed by atoms with Crippen LogP contribution in [-0.2, 0) is 35.7 Å². The minimum atomic E-state index is -4.25. The second-order valence-electron chi connectivity index (χ2n) is 9.89. The number of carbonyl (C=O) groups excluding carboxylic acids is 1. The number of sulfonamides is 1. The fourth-order valence-corrected chi connectivity index (χ4v) is 6.98. The molecule has 3 N–H and O–H groups in total. The van der Waals surface area contributed by atoms with Gasteiger partial charge in [0.25, 0.3) is 10.0 Å².